The zero-order valence-electron chi connectivity index (χ0n) is 7.50. The minimum atomic E-state index is -0.968. The lowest BCUT2D eigenvalue weighted by Gasteiger charge is -2.00. The molecule has 2 aromatic rings. The average molecular weight is 208 g/mol. The summed E-state index contributed by atoms with van der Waals surface area (Å²) in [7, 11) is 0. The summed E-state index contributed by atoms with van der Waals surface area (Å²) in [6.07, 6.45) is 1.10. The Labute approximate surface area is 83.4 Å². The van der Waals surface area contributed by atoms with E-state index in [9.17, 15) is 13.6 Å². The van der Waals surface area contributed by atoms with Crippen molar-refractivity contribution in [1.82, 2.24) is 9.97 Å². The molecular weight excluding hydrogens is 202 g/mol. The Morgan fingerprint density at radius 1 is 1.13 bits per heavy atom. The van der Waals surface area contributed by atoms with Crippen molar-refractivity contribution in [2.45, 2.75) is 0 Å². The maximum atomic E-state index is 13.3. The summed E-state index contributed by atoms with van der Waals surface area (Å²) < 4.78 is 25.9. The van der Waals surface area contributed by atoms with E-state index in [0.717, 1.165) is 6.33 Å². The Morgan fingerprint density at radius 3 is 2.47 bits per heavy atom. The third-order valence-electron chi connectivity index (χ3n) is 1.91. The Hall–Kier alpha value is -2.04. The van der Waals surface area contributed by atoms with Crippen LogP contribution in [0.2, 0.25) is 0 Å². The van der Waals surface area contributed by atoms with Gasteiger partial charge in [-0.05, 0) is 24.3 Å². The van der Waals surface area contributed by atoms with Crippen LogP contribution < -0.4 is 5.56 Å². The fourth-order valence-corrected chi connectivity index (χ4v) is 1.19. The van der Waals surface area contributed by atoms with Crippen LogP contribution in [-0.2, 0) is 0 Å². The molecule has 1 aromatic heterocycles. The van der Waals surface area contributed by atoms with Crippen molar-refractivity contribution >= 4 is 0 Å². The molecule has 0 radical (unpaired) electrons. The Balaban J connectivity index is 2.59. The molecule has 0 unspecified atom stereocenters. The predicted octanol–water partition coefficient (Wildman–Crippen LogP) is 1.72. The first-order valence-corrected chi connectivity index (χ1v) is 4.17. The maximum Gasteiger partial charge on any atom is 0.287 e. The first-order chi connectivity index (χ1) is 7.18. The summed E-state index contributed by atoms with van der Waals surface area (Å²) in [5.41, 5.74) is -0.567. The molecule has 0 amide bonds. The topological polar surface area (TPSA) is 45.8 Å². The summed E-state index contributed by atoms with van der Waals surface area (Å²) in [5, 5.41) is 0. The number of halogens is 2. The smallest absolute Gasteiger partial charge is 0.287 e. The molecule has 0 saturated carbocycles. The van der Waals surface area contributed by atoms with Gasteiger partial charge in [-0.1, -0.05) is 0 Å². The number of hydrogen-bond donors (Lipinski definition) is 1. The van der Waals surface area contributed by atoms with Gasteiger partial charge in [-0.2, -0.15) is 4.39 Å². The van der Waals surface area contributed by atoms with Gasteiger partial charge in [0.2, 0.25) is 5.82 Å². The molecule has 5 heteroatoms. The summed E-state index contributed by atoms with van der Waals surface area (Å²) >= 11 is 0. The zero-order valence-corrected chi connectivity index (χ0v) is 7.50. The van der Waals surface area contributed by atoms with Crippen molar-refractivity contribution in [1.29, 1.82) is 0 Å². The van der Waals surface area contributed by atoms with E-state index in [4.69, 9.17) is 0 Å². The third kappa shape index (κ3) is 1.76. The highest BCUT2D eigenvalue weighted by atomic mass is 19.1. The molecule has 15 heavy (non-hydrogen) atoms. The number of nitrogens with zero attached hydrogens (tertiary/aromatic N) is 1. The van der Waals surface area contributed by atoms with Crippen molar-refractivity contribution in [2.75, 3.05) is 0 Å². The van der Waals surface area contributed by atoms with E-state index < -0.39 is 17.2 Å². The van der Waals surface area contributed by atoms with Crippen LogP contribution in [0.15, 0.2) is 35.4 Å². The monoisotopic (exact) mass is 208 g/mol. The molecule has 3 nitrogen and oxygen atoms in total. The number of hydrogen-bond acceptors (Lipinski definition) is 2. The first-order valence-electron chi connectivity index (χ1n) is 4.17. The number of H-pyrrole nitrogens is 1. The minimum Gasteiger partial charge on any atom is -0.311 e. The van der Waals surface area contributed by atoms with Crippen LogP contribution in [0.3, 0.4) is 0 Å². The minimum absolute atomic E-state index is 0.0845. The van der Waals surface area contributed by atoms with Gasteiger partial charge in [-0.3, -0.25) is 4.79 Å². The molecule has 2 rings (SSSR count). The van der Waals surface area contributed by atoms with Crippen LogP contribution in [0, 0.1) is 11.6 Å². The molecule has 1 aromatic carbocycles. The molecular formula is C10H6F2N2O. The Bertz CT molecular complexity index is 534. The molecule has 0 spiro atoms. The van der Waals surface area contributed by atoms with Crippen molar-refractivity contribution < 1.29 is 8.78 Å². The lowest BCUT2D eigenvalue weighted by Crippen LogP contribution is -2.12. The van der Waals surface area contributed by atoms with Crippen LogP contribution >= 0.6 is 0 Å². The fourth-order valence-electron chi connectivity index (χ4n) is 1.19. The fraction of sp³-hybridized carbons (Fsp3) is 0. The van der Waals surface area contributed by atoms with E-state index in [1.54, 1.807) is 0 Å². The summed E-state index contributed by atoms with van der Waals surface area (Å²) in [5.74, 6) is -1.40. The average Bonchev–Trinajstić information content (AvgIpc) is 2.24. The number of rotatable bonds is 1. The van der Waals surface area contributed by atoms with E-state index in [0.29, 0.717) is 5.56 Å². The number of aromatic amines is 1. The van der Waals surface area contributed by atoms with Gasteiger partial charge >= 0.3 is 0 Å². The second-order valence-corrected chi connectivity index (χ2v) is 2.90. The molecule has 0 fully saturated rings. The van der Waals surface area contributed by atoms with E-state index in [-0.39, 0.29) is 5.69 Å². The van der Waals surface area contributed by atoms with Gasteiger partial charge in [0, 0.05) is 5.56 Å². The second-order valence-electron chi connectivity index (χ2n) is 2.90. The highest BCUT2D eigenvalue weighted by molar-refractivity contribution is 5.58. The summed E-state index contributed by atoms with van der Waals surface area (Å²) in [6, 6.07) is 5.08. The molecule has 0 bridgehead atoms. The van der Waals surface area contributed by atoms with Gasteiger partial charge in [0.05, 0.1) is 6.33 Å². The lowest BCUT2D eigenvalue weighted by molar-refractivity contribution is 0.604. The van der Waals surface area contributed by atoms with E-state index in [1.807, 2.05) is 0 Å². The molecule has 1 N–H and O–H groups in total. The molecule has 76 valence electrons. The van der Waals surface area contributed by atoms with E-state index in [1.165, 1.54) is 24.3 Å². The lowest BCUT2D eigenvalue weighted by atomic mass is 10.1. The highest BCUT2D eigenvalue weighted by Gasteiger charge is 2.09. The van der Waals surface area contributed by atoms with Crippen molar-refractivity contribution in [3.05, 3.63) is 52.6 Å². The molecule has 1 heterocycles. The van der Waals surface area contributed by atoms with Crippen LogP contribution in [0.5, 0.6) is 0 Å². The molecule has 0 aliphatic rings. The molecule has 0 aliphatic carbocycles. The number of aromatic nitrogens is 2. The predicted molar refractivity (Wildman–Crippen MR) is 50.2 cm³/mol. The third-order valence-corrected chi connectivity index (χ3v) is 1.91. The van der Waals surface area contributed by atoms with Crippen molar-refractivity contribution in [3.8, 4) is 11.3 Å². The number of benzene rings is 1. The van der Waals surface area contributed by atoms with Gasteiger partial charge < -0.3 is 4.98 Å². The quantitative estimate of drug-likeness (QED) is 0.775. The second kappa shape index (κ2) is 3.61. The summed E-state index contributed by atoms with van der Waals surface area (Å²) in [4.78, 5) is 16.7. The molecule has 0 saturated heterocycles. The normalized spacial score (nSPS) is 10.3. The number of nitrogens with one attached hydrogen (secondary N) is 1. The van der Waals surface area contributed by atoms with E-state index in [2.05, 4.69) is 9.97 Å². The van der Waals surface area contributed by atoms with Gasteiger partial charge in [-0.15, -0.1) is 0 Å². The van der Waals surface area contributed by atoms with E-state index >= 15 is 0 Å². The highest BCUT2D eigenvalue weighted by Crippen LogP contribution is 2.17. The van der Waals surface area contributed by atoms with Crippen molar-refractivity contribution in [3.63, 3.8) is 0 Å². The van der Waals surface area contributed by atoms with Crippen LogP contribution in [0.25, 0.3) is 11.3 Å². The van der Waals surface area contributed by atoms with Gasteiger partial charge in [0.15, 0.2) is 0 Å². The SMILES string of the molecule is O=c1[nH]cnc(-c2ccc(F)cc2)c1F. The van der Waals surface area contributed by atoms with Crippen LogP contribution in [0.4, 0.5) is 8.78 Å². The van der Waals surface area contributed by atoms with Crippen LogP contribution in [0.1, 0.15) is 0 Å². The largest absolute Gasteiger partial charge is 0.311 e. The zero-order chi connectivity index (χ0) is 10.8. The maximum absolute atomic E-state index is 13.3. The van der Waals surface area contributed by atoms with Crippen LogP contribution in [-0.4, -0.2) is 9.97 Å². The Morgan fingerprint density at radius 2 is 1.80 bits per heavy atom. The molecule has 0 aliphatic heterocycles. The van der Waals surface area contributed by atoms with Gasteiger partial charge in [0.25, 0.3) is 5.56 Å². The standard InChI is InChI=1S/C10H6F2N2O/c11-7-3-1-6(2-4-7)9-8(12)10(15)14-5-13-9/h1-5H,(H,13,14,15). The van der Waals surface area contributed by atoms with Gasteiger partial charge in [0.1, 0.15) is 11.5 Å². The van der Waals surface area contributed by atoms with Crippen molar-refractivity contribution in [2.24, 2.45) is 0 Å². The van der Waals surface area contributed by atoms with Gasteiger partial charge in [-0.25, -0.2) is 9.37 Å². The molecule has 0 atom stereocenters. The first kappa shape index (κ1) is 9.51. The Kier molecular flexibility index (Phi) is 2.29. The summed E-state index contributed by atoms with van der Waals surface area (Å²) in [6.45, 7) is 0.